The fraction of sp³-hybridized carbons (Fsp3) is 1.00. The number of aliphatic hydroxyl groups is 1. The Morgan fingerprint density at radius 2 is 2.46 bits per heavy atom. The molecule has 0 aliphatic heterocycles. The standard InChI is InChI=1S/C7H15N3O2S/c1-13-4-2-3-12-6-7(11)5-9-10-8/h7,11H,2-6H2,1H3. The Bertz CT molecular complexity index is 162. The van der Waals surface area contributed by atoms with Gasteiger partial charge in [-0.25, -0.2) is 0 Å². The minimum atomic E-state index is -0.676. The van der Waals surface area contributed by atoms with Crippen LogP contribution in [0.25, 0.3) is 10.4 Å². The Labute approximate surface area is 82.1 Å². The van der Waals surface area contributed by atoms with Gasteiger partial charge in [0, 0.05) is 11.5 Å². The lowest BCUT2D eigenvalue weighted by Gasteiger charge is -2.07. The second kappa shape index (κ2) is 9.67. The van der Waals surface area contributed by atoms with Crippen LogP contribution in [0.5, 0.6) is 0 Å². The maximum absolute atomic E-state index is 9.14. The van der Waals surface area contributed by atoms with Crippen molar-refractivity contribution in [2.24, 2.45) is 5.11 Å². The van der Waals surface area contributed by atoms with Crippen LogP contribution in [0.3, 0.4) is 0 Å². The van der Waals surface area contributed by atoms with Crippen LogP contribution in [0.2, 0.25) is 0 Å². The summed E-state index contributed by atoms with van der Waals surface area (Å²) in [5.41, 5.74) is 7.96. The van der Waals surface area contributed by atoms with Crippen molar-refractivity contribution in [3.63, 3.8) is 0 Å². The SMILES string of the molecule is CSCCCOCC(O)CN=[N+]=[N-]. The molecule has 13 heavy (non-hydrogen) atoms. The van der Waals surface area contributed by atoms with E-state index in [9.17, 15) is 0 Å². The van der Waals surface area contributed by atoms with Gasteiger partial charge in [0.15, 0.2) is 0 Å². The lowest BCUT2D eigenvalue weighted by molar-refractivity contribution is 0.0420. The van der Waals surface area contributed by atoms with Crippen molar-refractivity contribution in [3.8, 4) is 0 Å². The van der Waals surface area contributed by atoms with Crippen molar-refractivity contribution in [1.82, 2.24) is 0 Å². The van der Waals surface area contributed by atoms with Gasteiger partial charge in [-0.1, -0.05) is 5.11 Å². The van der Waals surface area contributed by atoms with Crippen LogP contribution < -0.4 is 0 Å². The largest absolute Gasteiger partial charge is 0.391 e. The summed E-state index contributed by atoms with van der Waals surface area (Å²) in [5, 5.41) is 12.4. The number of rotatable bonds is 8. The fourth-order valence-electron chi connectivity index (χ4n) is 0.708. The summed E-state index contributed by atoms with van der Waals surface area (Å²) in [6.07, 6.45) is 2.34. The van der Waals surface area contributed by atoms with Crippen molar-refractivity contribution >= 4 is 11.8 Å². The molecular weight excluding hydrogens is 190 g/mol. The second-order valence-corrected chi connectivity index (χ2v) is 3.47. The van der Waals surface area contributed by atoms with Crippen molar-refractivity contribution in [3.05, 3.63) is 10.4 Å². The van der Waals surface area contributed by atoms with Gasteiger partial charge in [0.05, 0.1) is 19.3 Å². The Balaban J connectivity index is 3.16. The van der Waals surface area contributed by atoms with Crippen molar-refractivity contribution in [2.45, 2.75) is 12.5 Å². The normalized spacial score (nSPS) is 12.2. The van der Waals surface area contributed by atoms with E-state index in [0.29, 0.717) is 6.61 Å². The molecule has 0 aromatic heterocycles. The molecule has 0 amide bonds. The van der Waals surface area contributed by atoms with Gasteiger partial charge in [0.1, 0.15) is 0 Å². The molecule has 1 N–H and O–H groups in total. The average Bonchev–Trinajstić information content (AvgIpc) is 2.14. The van der Waals surface area contributed by atoms with Crippen LogP contribution in [-0.2, 0) is 4.74 Å². The van der Waals surface area contributed by atoms with E-state index in [2.05, 4.69) is 10.0 Å². The highest BCUT2D eigenvalue weighted by Gasteiger charge is 2.01. The zero-order valence-corrected chi connectivity index (χ0v) is 8.53. The molecule has 1 unspecified atom stereocenters. The maximum atomic E-state index is 9.14. The number of hydrogen-bond acceptors (Lipinski definition) is 4. The lowest BCUT2D eigenvalue weighted by Crippen LogP contribution is -2.18. The monoisotopic (exact) mass is 205 g/mol. The molecular formula is C7H15N3O2S. The molecule has 0 heterocycles. The molecule has 0 aromatic rings. The number of ether oxygens (including phenoxy) is 1. The van der Waals surface area contributed by atoms with E-state index in [1.807, 2.05) is 6.26 Å². The number of azide groups is 1. The maximum Gasteiger partial charge on any atom is 0.0829 e. The Morgan fingerprint density at radius 1 is 1.69 bits per heavy atom. The van der Waals surface area contributed by atoms with E-state index in [0.717, 1.165) is 12.2 Å². The van der Waals surface area contributed by atoms with Gasteiger partial charge in [0.25, 0.3) is 0 Å². The van der Waals surface area contributed by atoms with E-state index in [-0.39, 0.29) is 13.2 Å². The Kier molecular flexibility index (Phi) is 9.35. The van der Waals surface area contributed by atoms with Gasteiger partial charge >= 0.3 is 0 Å². The number of thioether (sulfide) groups is 1. The minimum Gasteiger partial charge on any atom is -0.391 e. The predicted molar refractivity (Wildman–Crippen MR) is 53.8 cm³/mol. The molecule has 6 heteroatoms. The summed E-state index contributed by atoms with van der Waals surface area (Å²) >= 11 is 1.77. The van der Waals surface area contributed by atoms with Gasteiger partial charge in [-0.3, -0.25) is 0 Å². The summed E-state index contributed by atoms with van der Waals surface area (Å²) in [7, 11) is 0. The second-order valence-electron chi connectivity index (χ2n) is 2.49. The third-order valence-electron chi connectivity index (χ3n) is 1.30. The molecule has 0 fully saturated rings. The third-order valence-corrected chi connectivity index (χ3v) is 2.00. The predicted octanol–water partition coefficient (Wildman–Crippen LogP) is 1.43. The van der Waals surface area contributed by atoms with Crippen molar-refractivity contribution in [1.29, 1.82) is 0 Å². The molecule has 0 aliphatic carbocycles. The van der Waals surface area contributed by atoms with Crippen LogP contribution in [0.4, 0.5) is 0 Å². The average molecular weight is 205 g/mol. The molecule has 0 saturated carbocycles. The molecule has 0 aromatic carbocycles. The first kappa shape index (κ1) is 12.6. The van der Waals surface area contributed by atoms with E-state index in [1.165, 1.54) is 0 Å². The van der Waals surface area contributed by atoms with Crippen LogP contribution in [0.15, 0.2) is 5.11 Å². The highest BCUT2D eigenvalue weighted by Crippen LogP contribution is 1.96. The smallest absolute Gasteiger partial charge is 0.0829 e. The summed E-state index contributed by atoms with van der Waals surface area (Å²) in [6, 6.07) is 0. The summed E-state index contributed by atoms with van der Waals surface area (Å²) in [5.74, 6) is 1.06. The first-order valence-electron chi connectivity index (χ1n) is 4.07. The van der Waals surface area contributed by atoms with Crippen LogP contribution in [0.1, 0.15) is 6.42 Å². The molecule has 0 radical (unpaired) electrons. The number of hydrogen-bond donors (Lipinski definition) is 1. The van der Waals surface area contributed by atoms with Crippen molar-refractivity contribution < 1.29 is 9.84 Å². The van der Waals surface area contributed by atoms with Crippen LogP contribution >= 0.6 is 11.8 Å². The molecule has 0 bridgehead atoms. The third kappa shape index (κ3) is 9.49. The quantitative estimate of drug-likeness (QED) is 0.282. The molecule has 0 rings (SSSR count). The van der Waals surface area contributed by atoms with E-state index in [4.69, 9.17) is 15.4 Å². The lowest BCUT2D eigenvalue weighted by atomic mass is 10.4. The first-order chi connectivity index (χ1) is 6.31. The molecule has 0 spiro atoms. The van der Waals surface area contributed by atoms with Gasteiger partial charge in [-0.05, 0) is 24.0 Å². The summed E-state index contributed by atoms with van der Waals surface area (Å²) in [4.78, 5) is 2.54. The van der Waals surface area contributed by atoms with Gasteiger partial charge in [0.2, 0.25) is 0 Å². The van der Waals surface area contributed by atoms with Gasteiger partial charge in [-0.2, -0.15) is 11.8 Å². The zero-order chi connectivity index (χ0) is 9.94. The Hall–Kier alpha value is -0.420. The number of nitrogens with zero attached hydrogens (tertiary/aromatic N) is 3. The summed E-state index contributed by atoms with van der Waals surface area (Å²) < 4.78 is 5.15. The van der Waals surface area contributed by atoms with Gasteiger partial charge < -0.3 is 9.84 Å². The topological polar surface area (TPSA) is 78.2 Å². The van der Waals surface area contributed by atoms with E-state index >= 15 is 0 Å². The number of aliphatic hydroxyl groups excluding tert-OH is 1. The van der Waals surface area contributed by atoms with Crippen molar-refractivity contribution in [2.75, 3.05) is 31.8 Å². The van der Waals surface area contributed by atoms with E-state index in [1.54, 1.807) is 11.8 Å². The molecule has 0 aliphatic rings. The highest BCUT2D eigenvalue weighted by molar-refractivity contribution is 7.98. The molecule has 1 atom stereocenters. The van der Waals surface area contributed by atoms with E-state index < -0.39 is 6.10 Å². The highest BCUT2D eigenvalue weighted by atomic mass is 32.2. The zero-order valence-electron chi connectivity index (χ0n) is 7.72. The molecule has 0 saturated heterocycles. The van der Waals surface area contributed by atoms with Crippen LogP contribution in [-0.4, -0.2) is 43.0 Å². The molecule has 76 valence electrons. The van der Waals surface area contributed by atoms with Crippen LogP contribution in [0, 0.1) is 0 Å². The summed E-state index contributed by atoms with van der Waals surface area (Å²) in [6.45, 7) is 0.973. The minimum absolute atomic E-state index is 0.0824. The first-order valence-corrected chi connectivity index (χ1v) is 5.46. The molecule has 5 nitrogen and oxygen atoms in total. The Morgan fingerprint density at radius 3 is 3.08 bits per heavy atom. The fourth-order valence-corrected chi connectivity index (χ4v) is 1.11. The van der Waals surface area contributed by atoms with Gasteiger partial charge in [-0.15, -0.1) is 0 Å².